The van der Waals surface area contributed by atoms with Crippen molar-refractivity contribution in [2.45, 2.75) is 36.8 Å². The quantitative estimate of drug-likeness (QED) is 0.499. The van der Waals surface area contributed by atoms with Gasteiger partial charge in [-0.15, -0.1) is 10.2 Å². The smallest absolute Gasteiger partial charge is 0.277 e. The van der Waals surface area contributed by atoms with E-state index in [1.54, 1.807) is 48.5 Å². The highest BCUT2D eigenvalue weighted by atomic mass is 32.2. The average Bonchev–Trinajstić information content (AvgIpc) is 3.27. The molecular formula is C23H26N4O4S2. The van der Waals surface area contributed by atoms with Crippen LogP contribution in [0.1, 0.15) is 25.3 Å². The number of aromatic nitrogens is 2. The van der Waals surface area contributed by atoms with Crippen LogP contribution >= 0.6 is 11.8 Å². The number of carbonyl (C=O) groups excluding carboxylic acids is 1. The van der Waals surface area contributed by atoms with Crippen molar-refractivity contribution in [1.29, 1.82) is 0 Å². The molecule has 4 rings (SSSR count). The van der Waals surface area contributed by atoms with Gasteiger partial charge in [-0.25, -0.2) is 8.42 Å². The predicted molar refractivity (Wildman–Crippen MR) is 127 cm³/mol. The number of benzene rings is 2. The minimum atomic E-state index is -3.67. The maximum atomic E-state index is 12.5. The number of aryl methyl sites for hydroxylation is 1. The summed E-state index contributed by atoms with van der Waals surface area (Å²) in [4.78, 5) is 14.5. The van der Waals surface area contributed by atoms with Gasteiger partial charge < -0.3 is 9.32 Å². The van der Waals surface area contributed by atoms with Crippen LogP contribution in [0.5, 0.6) is 0 Å². The molecule has 2 aromatic carbocycles. The van der Waals surface area contributed by atoms with Gasteiger partial charge in [-0.1, -0.05) is 36.4 Å². The molecule has 174 valence electrons. The lowest BCUT2D eigenvalue weighted by atomic mass is 10.0. The average molecular weight is 487 g/mol. The van der Waals surface area contributed by atoms with Crippen LogP contribution in [0.15, 0.2) is 63.1 Å². The molecule has 8 nitrogen and oxygen atoms in total. The molecule has 0 saturated carbocycles. The van der Waals surface area contributed by atoms with Crippen molar-refractivity contribution < 1.29 is 17.6 Å². The molecule has 1 N–H and O–H groups in total. The first-order valence-corrected chi connectivity index (χ1v) is 13.2. The van der Waals surface area contributed by atoms with Gasteiger partial charge in [0.2, 0.25) is 11.8 Å². The summed E-state index contributed by atoms with van der Waals surface area (Å²) in [6, 6.07) is 13.3. The number of piperidine rings is 1. The first-order chi connectivity index (χ1) is 15.8. The highest BCUT2D eigenvalue weighted by molar-refractivity contribution is 7.99. The van der Waals surface area contributed by atoms with Crippen LogP contribution in [-0.4, -0.2) is 48.3 Å². The van der Waals surface area contributed by atoms with Crippen LogP contribution in [0.25, 0.3) is 11.5 Å². The molecule has 1 aliphatic rings. The summed E-state index contributed by atoms with van der Waals surface area (Å²) >= 11 is 1.23. The maximum absolute atomic E-state index is 12.5. The second-order valence-corrected chi connectivity index (χ2v) is 10.9. The molecule has 1 saturated heterocycles. The lowest BCUT2D eigenvalue weighted by molar-refractivity contribution is -0.130. The highest BCUT2D eigenvalue weighted by Crippen LogP contribution is 2.26. The molecular weight excluding hydrogens is 460 g/mol. The third-order valence-electron chi connectivity index (χ3n) is 5.45. The number of sulfonamides is 1. The molecule has 2 heterocycles. The molecule has 0 spiro atoms. The summed E-state index contributed by atoms with van der Waals surface area (Å²) in [5, 5.41) is 8.39. The van der Waals surface area contributed by atoms with Crippen LogP contribution in [-0.2, 0) is 14.8 Å². The van der Waals surface area contributed by atoms with Crippen molar-refractivity contribution in [3.8, 4) is 11.5 Å². The van der Waals surface area contributed by atoms with Crippen molar-refractivity contribution in [2.24, 2.45) is 5.92 Å². The topological polar surface area (TPSA) is 105 Å². The first kappa shape index (κ1) is 23.3. The number of amides is 1. The van der Waals surface area contributed by atoms with E-state index in [-0.39, 0.29) is 16.6 Å². The van der Waals surface area contributed by atoms with Crippen LogP contribution in [0.4, 0.5) is 5.69 Å². The summed E-state index contributed by atoms with van der Waals surface area (Å²) < 4.78 is 33.3. The van der Waals surface area contributed by atoms with Gasteiger partial charge in [-0.3, -0.25) is 9.52 Å². The highest BCUT2D eigenvalue weighted by Gasteiger charge is 2.22. The molecule has 0 bridgehead atoms. The Balaban J connectivity index is 1.35. The molecule has 0 radical (unpaired) electrons. The number of hydrogen-bond donors (Lipinski definition) is 1. The van der Waals surface area contributed by atoms with Crippen molar-refractivity contribution in [3.05, 3.63) is 54.1 Å². The monoisotopic (exact) mass is 486 g/mol. The minimum Gasteiger partial charge on any atom is -0.411 e. The second-order valence-electron chi connectivity index (χ2n) is 8.24. The Bertz CT molecular complexity index is 1210. The van der Waals surface area contributed by atoms with Crippen LogP contribution in [0.2, 0.25) is 0 Å². The molecule has 33 heavy (non-hydrogen) atoms. The number of hydrogen-bond acceptors (Lipinski definition) is 7. The molecule has 1 amide bonds. The Hall–Kier alpha value is -2.85. The Labute approximate surface area is 197 Å². The molecule has 0 aliphatic carbocycles. The van der Waals surface area contributed by atoms with Gasteiger partial charge in [0.15, 0.2) is 0 Å². The lowest BCUT2D eigenvalue weighted by Crippen LogP contribution is -2.40. The SMILES string of the molecule is Cc1ccc(S(=O)(=O)Nc2ccc(-c3nnc(SCC(=O)N4CCC[C@H](C)C4)o3)cc2)cc1. The minimum absolute atomic E-state index is 0.0801. The van der Waals surface area contributed by atoms with Crippen LogP contribution in [0.3, 0.4) is 0 Å². The first-order valence-electron chi connectivity index (χ1n) is 10.7. The molecule has 1 aromatic heterocycles. The molecule has 1 aliphatic heterocycles. The zero-order valence-electron chi connectivity index (χ0n) is 18.5. The zero-order chi connectivity index (χ0) is 23.4. The molecule has 1 atom stereocenters. The molecule has 1 fully saturated rings. The fourth-order valence-corrected chi connectivity index (χ4v) is 5.35. The zero-order valence-corrected chi connectivity index (χ0v) is 20.2. The van der Waals surface area contributed by atoms with E-state index in [4.69, 9.17) is 4.42 Å². The fraction of sp³-hybridized carbons (Fsp3) is 0.348. The number of carbonyl (C=O) groups is 1. The Kier molecular flexibility index (Phi) is 7.04. The summed E-state index contributed by atoms with van der Waals surface area (Å²) in [7, 11) is -3.67. The molecule has 10 heteroatoms. The number of nitrogens with one attached hydrogen (secondary N) is 1. The van der Waals surface area contributed by atoms with Crippen molar-refractivity contribution in [2.75, 3.05) is 23.6 Å². The number of thioether (sulfide) groups is 1. The van der Waals surface area contributed by atoms with E-state index in [0.717, 1.165) is 31.5 Å². The van der Waals surface area contributed by atoms with Gasteiger partial charge in [0.05, 0.1) is 10.6 Å². The normalized spacial score (nSPS) is 16.5. The maximum Gasteiger partial charge on any atom is 0.277 e. The lowest BCUT2D eigenvalue weighted by Gasteiger charge is -2.30. The Morgan fingerprint density at radius 3 is 2.58 bits per heavy atom. The largest absolute Gasteiger partial charge is 0.411 e. The molecule has 3 aromatic rings. The molecule has 0 unspecified atom stereocenters. The van der Waals surface area contributed by atoms with Crippen molar-refractivity contribution in [1.82, 2.24) is 15.1 Å². The van der Waals surface area contributed by atoms with Gasteiger partial charge >= 0.3 is 0 Å². The number of anilines is 1. The van der Waals surface area contributed by atoms with E-state index in [1.807, 2.05) is 11.8 Å². The standard InChI is InChI=1S/C23H26N4O4S2/c1-16-5-11-20(12-6-16)33(29,30)26-19-9-7-18(8-10-19)22-24-25-23(31-22)32-15-21(28)27-13-3-4-17(2)14-27/h5-12,17,26H,3-4,13-15H2,1-2H3/t17-/m0/s1. The number of likely N-dealkylation sites (tertiary alicyclic amines) is 1. The Morgan fingerprint density at radius 1 is 1.15 bits per heavy atom. The van der Waals surface area contributed by atoms with E-state index in [2.05, 4.69) is 21.8 Å². The van der Waals surface area contributed by atoms with Crippen LogP contribution in [0, 0.1) is 12.8 Å². The second kappa shape index (κ2) is 9.96. The summed E-state index contributed by atoms with van der Waals surface area (Å²) in [5.74, 6) is 1.18. The van der Waals surface area contributed by atoms with E-state index in [9.17, 15) is 13.2 Å². The van der Waals surface area contributed by atoms with Gasteiger partial charge in [-0.05, 0) is 62.1 Å². The van der Waals surface area contributed by atoms with E-state index in [1.165, 1.54) is 11.8 Å². The van der Waals surface area contributed by atoms with Gasteiger partial charge in [-0.2, -0.15) is 0 Å². The van der Waals surface area contributed by atoms with Crippen molar-refractivity contribution in [3.63, 3.8) is 0 Å². The van der Waals surface area contributed by atoms with E-state index in [0.29, 0.717) is 28.3 Å². The van der Waals surface area contributed by atoms with Crippen molar-refractivity contribution >= 4 is 33.4 Å². The number of nitrogens with zero attached hydrogens (tertiary/aromatic N) is 3. The summed E-state index contributed by atoms with van der Waals surface area (Å²) in [6.07, 6.45) is 2.20. The van der Waals surface area contributed by atoms with E-state index < -0.39 is 10.0 Å². The van der Waals surface area contributed by atoms with E-state index >= 15 is 0 Å². The fourth-order valence-electron chi connectivity index (χ4n) is 3.63. The Morgan fingerprint density at radius 2 is 1.88 bits per heavy atom. The summed E-state index contributed by atoms with van der Waals surface area (Å²) in [5.41, 5.74) is 2.07. The van der Waals surface area contributed by atoms with Gasteiger partial charge in [0.25, 0.3) is 15.2 Å². The predicted octanol–water partition coefficient (Wildman–Crippen LogP) is 4.20. The van der Waals surface area contributed by atoms with Gasteiger partial charge in [0.1, 0.15) is 0 Å². The van der Waals surface area contributed by atoms with Gasteiger partial charge in [0, 0.05) is 24.3 Å². The number of rotatable bonds is 7. The third-order valence-corrected chi connectivity index (χ3v) is 7.65. The van der Waals surface area contributed by atoms with Crippen LogP contribution < -0.4 is 4.72 Å². The summed E-state index contributed by atoms with van der Waals surface area (Å²) in [6.45, 7) is 5.67. The third kappa shape index (κ3) is 5.94.